The van der Waals surface area contributed by atoms with Crippen molar-refractivity contribution in [2.75, 3.05) is 12.4 Å². The molecule has 0 spiro atoms. The first-order chi connectivity index (χ1) is 10.2. The van der Waals surface area contributed by atoms with Crippen LogP contribution in [0, 0.1) is 5.95 Å². The van der Waals surface area contributed by atoms with Gasteiger partial charge < -0.3 is 14.8 Å². The Balaban J connectivity index is 1.78. The molecule has 0 fully saturated rings. The van der Waals surface area contributed by atoms with Crippen LogP contribution in [0.1, 0.15) is 18.1 Å². The van der Waals surface area contributed by atoms with Crippen LogP contribution in [0.3, 0.4) is 0 Å². The lowest BCUT2D eigenvalue weighted by Crippen LogP contribution is -2.05. The Morgan fingerprint density at radius 3 is 3.00 bits per heavy atom. The molecule has 0 saturated heterocycles. The van der Waals surface area contributed by atoms with Gasteiger partial charge >= 0.3 is 0 Å². The van der Waals surface area contributed by atoms with Gasteiger partial charge in [-0.1, -0.05) is 0 Å². The monoisotopic (exact) mass is 288 g/mol. The summed E-state index contributed by atoms with van der Waals surface area (Å²) >= 11 is 0. The van der Waals surface area contributed by atoms with E-state index in [0.29, 0.717) is 6.54 Å². The quantitative estimate of drug-likeness (QED) is 0.878. The van der Waals surface area contributed by atoms with Gasteiger partial charge in [-0.15, -0.1) is 0 Å². The van der Waals surface area contributed by atoms with Crippen LogP contribution in [0.5, 0.6) is 11.5 Å². The van der Waals surface area contributed by atoms with Crippen LogP contribution in [0.15, 0.2) is 30.5 Å². The minimum absolute atomic E-state index is 0.203. The standard InChI is InChI=1S/C16H17FN2O2/c1-10-5-11-6-14(20-2)12(7-15(11)21-10)8-18-13-3-4-16(17)19-9-13/h3-4,6-7,9-10,18H,5,8H2,1-2H3. The van der Waals surface area contributed by atoms with Crippen molar-refractivity contribution in [1.29, 1.82) is 0 Å². The van der Waals surface area contributed by atoms with Crippen LogP contribution in [-0.4, -0.2) is 18.2 Å². The van der Waals surface area contributed by atoms with E-state index in [4.69, 9.17) is 9.47 Å². The van der Waals surface area contributed by atoms with Gasteiger partial charge in [0.25, 0.3) is 0 Å². The average molecular weight is 288 g/mol. The molecule has 1 atom stereocenters. The zero-order valence-electron chi connectivity index (χ0n) is 12.0. The fourth-order valence-electron chi connectivity index (χ4n) is 2.49. The first-order valence-corrected chi connectivity index (χ1v) is 6.87. The van der Waals surface area contributed by atoms with Crippen LogP contribution in [0.4, 0.5) is 10.1 Å². The van der Waals surface area contributed by atoms with Gasteiger partial charge in [0, 0.05) is 24.1 Å². The molecular formula is C16H17FN2O2. The third kappa shape index (κ3) is 2.91. The molecule has 0 saturated carbocycles. The number of nitrogens with one attached hydrogen (secondary N) is 1. The summed E-state index contributed by atoms with van der Waals surface area (Å²) in [5.41, 5.74) is 2.93. The number of anilines is 1. The molecule has 0 amide bonds. The molecule has 5 heteroatoms. The zero-order chi connectivity index (χ0) is 14.8. The average Bonchev–Trinajstić information content (AvgIpc) is 2.84. The van der Waals surface area contributed by atoms with Gasteiger partial charge in [0.05, 0.1) is 19.0 Å². The summed E-state index contributed by atoms with van der Waals surface area (Å²) in [4.78, 5) is 3.62. The van der Waals surface area contributed by atoms with Crippen LogP contribution in [0.2, 0.25) is 0 Å². The predicted molar refractivity (Wildman–Crippen MR) is 78.3 cm³/mol. The van der Waals surface area contributed by atoms with Gasteiger partial charge in [0.1, 0.15) is 17.6 Å². The van der Waals surface area contributed by atoms with E-state index in [-0.39, 0.29) is 6.10 Å². The van der Waals surface area contributed by atoms with Crippen molar-refractivity contribution >= 4 is 5.69 Å². The SMILES string of the molecule is COc1cc2c(cc1CNc1ccc(F)nc1)OC(C)C2. The van der Waals surface area contributed by atoms with Gasteiger partial charge in [-0.2, -0.15) is 4.39 Å². The Labute approximate surface area is 122 Å². The van der Waals surface area contributed by atoms with Crippen molar-refractivity contribution in [3.05, 3.63) is 47.5 Å². The van der Waals surface area contributed by atoms with Gasteiger partial charge in [-0.3, -0.25) is 0 Å². The molecule has 110 valence electrons. The lowest BCUT2D eigenvalue weighted by Gasteiger charge is -2.12. The second-order valence-electron chi connectivity index (χ2n) is 5.13. The Hall–Kier alpha value is -2.30. The fraction of sp³-hybridized carbons (Fsp3) is 0.312. The first kappa shape index (κ1) is 13.7. The number of pyridine rings is 1. The molecule has 1 aliphatic heterocycles. The summed E-state index contributed by atoms with van der Waals surface area (Å²) in [7, 11) is 1.66. The van der Waals surface area contributed by atoms with E-state index in [9.17, 15) is 4.39 Å². The van der Waals surface area contributed by atoms with Crippen molar-refractivity contribution in [2.45, 2.75) is 26.0 Å². The summed E-state index contributed by atoms with van der Waals surface area (Å²) in [5, 5.41) is 3.20. The molecule has 1 aromatic heterocycles. The molecule has 2 aromatic rings. The number of benzene rings is 1. The van der Waals surface area contributed by atoms with E-state index < -0.39 is 5.95 Å². The number of hydrogen-bond donors (Lipinski definition) is 1. The second-order valence-corrected chi connectivity index (χ2v) is 5.13. The lowest BCUT2D eigenvalue weighted by atomic mass is 10.1. The maximum Gasteiger partial charge on any atom is 0.212 e. The largest absolute Gasteiger partial charge is 0.496 e. The van der Waals surface area contributed by atoms with Crippen molar-refractivity contribution in [3.63, 3.8) is 0 Å². The Morgan fingerprint density at radius 2 is 2.29 bits per heavy atom. The minimum atomic E-state index is -0.488. The van der Waals surface area contributed by atoms with E-state index in [1.807, 2.05) is 12.1 Å². The summed E-state index contributed by atoms with van der Waals surface area (Å²) in [6, 6.07) is 7.01. The third-order valence-corrected chi connectivity index (χ3v) is 3.51. The molecule has 0 aliphatic carbocycles. The predicted octanol–water partition coefficient (Wildman–Crippen LogP) is 3.16. The lowest BCUT2D eigenvalue weighted by molar-refractivity contribution is 0.254. The Kier molecular flexibility index (Phi) is 3.64. The number of hydrogen-bond acceptors (Lipinski definition) is 4. The zero-order valence-corrected chi connectivity index (χ0v) is 12.0. The highest BCUT2D eigenvalue weighted by molar-refractivity contribution is 5.50. The second kappa shape index (κ2) is 5.60. The number of halogens is 1. The molecule has 0 radical (unpaired) electrons. The minimum Gasteiger partial charge on any atom is -0.496 e. The molecule has 1 N–H and O–H groups in total. The highest BCUT2D eigenvalue weighted by Crippen LogP contribution is 2.35. The Bertz CT molecular complexity index is 643. The molecule has 1 aliphatic rings. The molecule has 3 rings (SSSR count). The number of rotatable bonds is 4. The smallest absolute Gasteiger partial charge is 0.212 e. The van der Waals surface area contributed by atoms with Crippen LogP contribution >= 0.6 is 0 Å². The van der Waals surface area contributed by atoms with Crippen LogP contribution in [0.25, 0.3) is 0 Å². The number of fused-ring (bicyclic) bond motifs is 1. The van der Waals surface area contributed by atoms with E-state index in [1.165, 1.54) is 17.8 Å². The summed E-state index contributed by atoms with van der Waals surface area (Å²) < 4.78 is 24.0. The van der Waals surface area contributed by atoms with Crippen molar-refractivity contribution in [1.82, 2.24) is 4.98 Å². The summed E-state index contributed by atoms with van der Waals surface area (Å²) in [5.74, 6) is 1.25. The molecular weight excluding hydrogens is 271 g/mol. The van der Waals surface area contributed by atoms with E-state index in [1.54, 1.807) is 13.2 Å². The van der Waals surface area contributed by atoms with Crippen LogP contribution < -0.4 is 14.8 Å². The van der Waals surface area contributed by atoms with Gasteiger partial charge in [0.2, 0.25) is 5.95 Å². The van der Waals surface area contributed by atoms with E-state index >= 15 is 0 Å². The number of aromatic nitrogens is 1. The topological polar surface area (TPSA) is 43.4 Å². The number of nitrogens with zero attached hydrogens (tertiary/aromatic N) is 1. The van der Waals surface area contributed by atoms with Gasteiger partial charge in [0.15, 0.2) is 0 Å². The highest BCUT2D eigenvalue weighted by Gasteiger charge is 2.21. The summed E-state index contributed by atoms with van der Waals surface area (Å²) in [6.07, 6.45) is 2.57. The molecule has 4 nitrogen and oxygen atoms in total. The van der Waals surface area contributed by atoms with Gasteiger partial charge in [-0.05, 0) is 31.2 Å². The number of methoxy groups -OCH3 is 1. The first-order valence-electron chi connectivity index (χ1n) is 6.87. The molecule has 0 bridgehead atoms. The maximum absolute atomic E-state index is 12.8. The fourth-order valence-corrected chi connectivity index (χ4v) is 2.49. The summed E-state index contributed by atoms with van der Waals surface area (Å²) in [6.45, 7) is 2.61. The molecule has 2 heterocycles. The normalized spacial score (nSPS) is 16.2. The number of ether oxygens (including phenoxy) is 2. The Morgan fingerprint density at radius 1 is 1.43 bits per heavy atom. The third-order valence-electron chi connectivity index (χ3n) is 3.51. The maximum atomic E-state index is 12.8. The van der Waals surface area contributed by atoms with Crippen molar-refractivity contribution in [2.24, 2.45) is 0 Å². The molecule has 21 heavy (non-hydrogen) atoms. The van der Waals surface area contributed by atoms with E-state index in [0.717, 1.165) is 29.2 Å². The van der Waals surface area contributed by atoms with Crippen molar-refractivity contribution < 1.29 is 13.9 Å². The highest BCUT2D eigenvalue weighted by atomic mass is 19.1. The van der Waals surface area contributed by atoms with Crippen LogP contribution in [-0.2, 0) is 13.0 Å². The molecule has 1 unspecified atom stereocenters. The van der Waals surface area contributed by atoms with Gasteiger partial charge in [-0.25, -0.2) is 4.98 Å². The molecule has 1 aromatic carbocycles. The van der Waals surface area contributed by atoms with Crippen molar-refractivity contribution in [3.8, 4) is 11.5 Å². The van der Waals surface area contributed by atoms with E-state index in [2.05, 4.69) is 17.2 Å².